The Labute approximate surface area is 142 Å². The summed E-state index contributed by atoms with van der Waals surface area (Å²) in [5.74, 6) is -0.486. The Balaban J connectivity index is 1.96. The number of esters is 1. The number of hydrogen-bond donors (Lipinski definition) is 0. The Bertz CT molecular complexity index is 755. The molecule has 0 amide bonds. The number of carbonyl (C=O) groups excluding carboxylic acids is 2. The maximum Gasteiger partial charge on any atom is 0.315 e. The second-order valence-corrected chi connectivity index (χ2v) is 6.66. The second-order valence-electron chi connectivity index (χ2n) is 6.66. The van der Waals surface area contributed by atoms with Gasteiger partial charge >= 0.3 is 5.97 Å². The molecule has 0 N–H and O–H groups in total. The van der Waals surface area contributed by atoms with Gasteiger partial charge in [0.25, 0.3) is 0 Å². The minimum atomic E-state index is -0.287. The van der Waals surface area contributed by atoms with Crippen molar-refractivity contribution in [1.29, 1.82) is 0 Å². The average molecular weight is 328 g/mol. The van der Waals surface area contributed by atoms with Crippen LogP contribution in [0.2, 0.25) is 0 Å². The van der Waals surface area contributed by atoms with E-state index in [0.29, 0.717) is 11.4 Å². The van der Waals surface area contributed by atoms with E-state index in [2.05, 4.69) is 0 Å². The number of rotatable bonds is 4. The summed E-state index contributed by atoms with van der Waals surface area (Å²) in [4.78, 5) is 25.3. The average Bonchev–Trinajstić information content (AvgIpc) is 3.07. The monoisotopic (exact) mass is 328 g/mol. The first kappa shape index (κ1) is 16.6. The maximum absolute atomic E-state index is 12.9. The third-order valence-corrected chi connectivity index (χ3v) is 4.54. The van der Waals surface area contributed by atoms with Crippen molar-refractivity contribution in [3.8, 4) is 0 Å². The molecule has 0 fully saturated rings. The lowest BCUT2D eigenvalue weighted by Crippen LogP contribution is -2.22. The third kappa shape index (κ3) is 3.03. The Hall–Kier alpha value is -2.30. The molecular weight excluding hydrogens is 304 g/mol. The van der Waals surface area contributed by atoms with Gasteiger partial charge < -0.3 is 13.9 Å². The van der Waals surface area contributed by atoms with Gasteiger partial charge in [0.1, 0.15) is 0 Å². The largest absolute Gasteiger partial charge is 0.462 e. The molecule has 5 heteroatoms. The molecule has 1 aliphatic rings. The predicted molar refractivity (Wildman–Crippen MR) is 91.1 cm³/mol. The molecule has 3 heterocycles. The highest BCUT2D eigenvalue weighted by Crippen LogP contribution is 2.31. The minimum absolute atomic E-state index is 0.00775. The van der Waals surface area contributed by atoms with E-state index in [1.54, 1.807) is 0 Å². The van der Waals surface area contributed by atoms with E-state index in [0.717, 1.165) is 31.5 Å². The summed E-state index contributed by atoms with van der Waals surface area (Å²) in [6.07, 6.45) is 4.42. The van der Waals surface area contributed by atoms with E-state index in [4.69, 9.17) is 4.74 Å². The third-order valence-electron chi connectivity index (χ3n) is 4.54. The summed E-state index contributed by atoms with van der Waals surface area (Å²) < 4.78 is 9.25. The molecule has 2 aromatic heterocycles. The highest BCUT2D eigenvalue weighted by atomic mass is 16.5. The Morgan fingerprint density at radius 1 is 1.17 bits per heavy atom. The Morgan fingerprint density at radius 2 is 1.96 bits per heavy atom. The van der Waals surface area contributed by atoms with Crippen LogP contribution in [0, 0.1) is 0 Å². The van der Waals surface area contributed by atoms with Crippen LogP contribution in [0.5, 0.6) is 0 Å². The van der Waals surface area contributed by atoms with Crippen molar-refractivity contribution in [3.63, 3.8) is 0 Å². The van der Waals surface area contributed by atoms with Crippen LogP contribution in [0.1, 0.15) is 60.9 Å². The summed E-state index contributed by atoms with van der Waals surface area (Å²) in [5, 5.41) is 0. The van der Waals surface area contributed by atoms with Gasteiger partial charge in [0.05, 0.1) is 23.4 Å². The van der Waals surface area contributed by atoms with Gasteiger partial charge in [-0.25, -0.2) is 0 Å². The number of carbonyl (C=O) groups is 2. The molecule has 24 heavy (non-hydrogen) atoms. The summed E-state index contributed by atoms with van der Waals surface area (Å²) in [7, 11) is 1.86. The van der Waals surface area contributed by atoms with Gasteiger partial charge in [-0.3, -0.25) is 9.59 Å². The lowest BCUT2D eigenvalue weighted by Gasteiger charge is -2.18. The molecule has 1 unspecified atom stereocenters. The van der Waals surface area contributed by atoms with Crippen molar-refractivity contribution in [2.24, 2.45) is 7.05 Å². The van der Waals surface area contributed by atoms with Crippen LogP contribution in [0.3, 0.4) is 0 Å². The van der Waals surface area contributed by atoms with E-state index in [-0.39, 0.29) is 23.8 Å². The molecule has 0 aliphatic carbocycles. The number of ether oxygens (including phenoxy) is 1. The second kappa shape index (κ2) is 6.67. The highest BCUT2D eigenvalue weighted by molar-refractivity contribution is 6.07. The fraction of sp³-hybridized carbons (Fsp3) is 0.474. The van der Waals surface area contributed by atoms with Crippen molar-refractivity contribution in [2.45, 2.75) is 51.7 Å². The smallest absolute Gasteiger partial charge is 0.315 e. The number of aryl methyl sites for hydroxylation is 1. The fourth-order valence-corrected chi connectivity index (χ4v) is 3.38. The number of hydrogen-bond acceptors (Lipinski definition) is 3. The summed E-state index contributed by atoms with van der Waals surface area (Å²) in [6.45, 7) is 4.48. The number of aromatic nitrogens is 2. The molecule has 0 saturated carbocycles. The molecule has 1 atom stereocenters. The summed E-state index contributed by atoms with van der Waals surface area (Å²) in [5.41, 5.74) is 2.20. The van der Waals surface area contributed by atoms with Crippen molar-refractivity contribution in [2.75, 3.05) is 0 Å². The zero-order valence-corrected chi connectivity index (χ0v) is 14.5. The van der Waals surface area contributed by atoms with Crippen LogP contribution < -0.4 is 0 Å². The molecule has 0 spiro atoms. The predicted octanol–water partition coefficient (Wildman–Crippen LogP) is 3.28. The first-order chi connectivity index (χ1) is 11.5. The van der Waals surface area contributed by atoms with Crippen LogP contribution in [0.4, 0.5) is 0 Å². The zero-order chi connectivity index (χ0) is 17.3. The topological polar surface area (TPSA) is 53.2 Å². The maximum atomic E-state index is 12.9. The van der Waals surface area contributed by atoms with Crippen LogP contribution >= 0.6 is 0 Å². The summed E-state index contributed by atoms with van der Waals surface area (Å²) >= 11 is 0. The standard InChI is InChI=1S/C19H24N2O3/c1-13(2)24-19(23)14-7-4-5-12-21-15(14)9-10-17(21)18(22)16-8-6-11-20(16)3/h6,8-11,13-14H,4-5,7,12H2,1-3H3. The molecule has 128 valence electrons. The zero-order valence-electron chi connectivity index (χ0n) is 14.5. The first-order valence-electron chi connectivity index (χ1n) is 8.55. The van der Waals surface area contributed by atoms with Crippen molar-refractivity contribution >= 4 is 11.8 Å². The molecular formula is C19H24N2O3. The summed E-state index contributed by atoms with van der Waals surface area (Å²) in [6, 6.07) is 7.44. The van der Waals surface area contributed by atoms with Gasteiger partial charge in [-0.1, -0.05) is 6.42 Å². The van der Waals surface area contributed by atoms with Crippen LogP contribution in [-0.2, 0) is 23.1 Å². The van der Waals surface area contributed by atoms with Crippen LogP contribution in [-0.4, -0.2) is 27.0 Å². The quantitative estimate of drug-likeness (QED) is 0.639. The van der Waals surface area contributed by atoms with E-state index in [9.17, 15) is 9.59 Å². The molecule has 1 aliphatic heterocycles. The van der Waals surface area contributed by atoms with Gasteiger partial charge in [-0.15, -0.1) is 0 Å². The molecule has 0 bridgehead atoms. The van der Waals surface area contributed by atoms with Gasteiger partial charge in [-0.05, 0) is 51.0 Å². The van der Waals surface area contributed by atoms with Gasteiger partial charge in [0, 0.05) is 25.5 Å². The normalized spacial score (nSPS) is 17.4. The van der Waals surface area contributed by atoms with E-state index >= 15 is 0 Å². The van der Waals surface area contributed by atoms with E-state index < -0.39 is 0 Å². The van der Waals surface area contributed by atoms with Crippen molar-refractivity contribution in [1.82, 2.24) is 9.13 Å². The minimum Gasteiger partial charge on any atom is -0.462 e. The number of fused-ring (bicyclic) bond motifs is 1. The Kier molecular flexibility index (Phi) is 4.60. The molecule has 0 radical (unpaired) electrons. The molecule has 0 saturated heterocycles. The highest BCUT2D eigenvalue weighted by Gasteiger charge is 2.30. The van der Waals surface area contributed by atoms with Gasteiger partial charge in [0.2, 0.25) is 5.78 Å². The van der Waals surface area contributed by atoms with E-state index in [1.807, 2.05) is 60.5 Å². The number of ketones is 1. The van der Waals surface area contributed by atoms with E-state index in [1.165, 1.54) is 0 Å². The van der Waals surface area contributed by atoms with Gasteiger partial charge in [-0.2, -0.15) is 0 Å². The van der Waals surface area contributed by atoms with Crippen LogP contribution in [0.25, 0.3) is 0 Å². The lowest BCUT2D eigenvalue weighted by atomic mass is 10.00. The van der Waals surface area contributed by atoms with Crippen molar-refractivity contribution in [3.05, 3.63) is 47.5 Å². The number of nitrogens with zero attached hydrogens (tertiary/aromatic N) is 2. The Morgan fingerprint density at radius 3 is 2.62 bits per heavy atom. The van der Waals surface area contributed by atoms with Crippen molar-refractivity contribution < 1.29 is 14.3 Å². The first-order valence-corrected chi connectivity index (χ1v) is 8.55. The molecule has 2 aromatic rings. The van der Waals surface area contributed by atoms with Crippen LogP contribution in [0.15, 0.2) is 30.5 Å². The SMILES string of the molecule is CC(C)OC(=O)C1CCCCn2c(C(=O)c3cccn3C)ccc21. The van der Waals surface area contributed by atoms with Gasteiger partial charge in [0.15, 0.2) is 0 Å². The lowest BCUT2D eigenvalue weighted by molar-refractivity contribution is -0.149. The molecule has 0 aromatic carbocycles. The molecule has 5 nitrogen and oxygen atoms in total. The fourth-order valence-electron chi connectivity index (χ4n) is 3.38. The molecule has 3 rings (SSSR count).